The third-order valence-corrected chi connectivity index (χ3v) is 3.54. The molecule has 0 aromatic carbocycles. The lowest BCUT2D eigenvalue weighted by molar-refractivity contribution is 0.629. The van der Waals surface area contributed by atoms with E-state index in [1.165, 1.54) is 16.0 Å². The Labute approximate surface area is 100 Å². The maximum atomic E-state index is 4.24. The second-order valence-corrected chi connectivity index (χ2v) is 4.99. The molecule has 0 aliphatic rings. The van der Waals surface area contributed by atoms with E-state index in [9.17, 15) is 0 Å². The van der Waals surface area contributed by atoms with E-state index in [1.54, 1.807) is 11.3 Å². The highest BCUT2D eigenvalue weighted by atomic mass is 32.1. The van der Waals surface area contributed by atoms with Gasteiger partial charge in [0, 0.05) is 23.7 Å². The van der Waals surface area contributed by atoms with Crippen molar-refractivity contribution in [2.75, 3.05) is 6.54 Å². The molecule has 1 N–H and O–H groups in total. The van der Waals surface area contributed by atoms with E-state index in [4.69, 9.17) is 0 Å². The lowest BCUT2D eigenvalue weighted by Gasteiger charge is -2.16. The van der Waals surface area contributed by atoms with E-state index < -0.39 is 0 Å². The Morgan fingerprint density at radius 2 is 2.38 bits per heavy atom. The number of hydrogen-bond donors (Lipinski definition) is 1. The minimum absolute atomic E-state index is 0.268. The molecule has 0 spiro atoms. The first-order chi connectivity index (χ1) is 7.72. The molecule has 2 heterocycles. The van der Waals surface area contributed by atoms with Crippen LogP contribution in [0.25, 0.3) is 0 Å². The minimum Gasteiger partial charge on any atom is -0.306 e. The molecule has 16 heavy (non-hydrogen) atoms. The van der Waals surface area contributed by atoms with Gasteiger partial charge in [0.2, 0.25) is 0 Å². The summed E-state index contributed by atoms with van der Waals surface area (Å²) < 4.78 is 1.85. The van der Waals surface area contributed by atoms with Crippen LogP contribution in [-0.2, 0) is 7.05 Å². The number of aryl methyl sites for hydroxylation is 2. The van der Waals surface area contributed by atoms with Gasteiger partial charge in [0.25, 0.3) is 0 Å². The van der Waals surface area contributed by atoms with E-state index in [2.05, 4.69) is 41.9 Å². The average Bonchev–Trinajstić information content (AvgIpc) is 2.84. The van der Waals surface area contributed by atoms with Gasteiger partial charge in [-0.1, -0.05) is 6.92 Å². The van der Waals surface area contributed by atoms with Gasteiger partial charge in [0.15, 0.2) is 0 Å². The first kappa shape index (κ1) is 11.4. The van der Waals surface area contributed by atoms with Crippen LogP contribution in [0.15, 0.2) is 23.8 Å². The fourth-order valence-electron chi connectivity index (χ4n) is 1.89. The van der Waals surface area contributed by atoms with E-state index in [1.807, 2.05) is 17.9 Å². The van der Waals surface area contributed by atoms with Crippen molar-refractivity contribution in [2.45, 2.75) is 19.9 Å². The first-order valence-corrected chi connectivity index (χ1v) is 6.36. The number of hydrogen-bond acceptors (Lipinski definition) is 3. The molecule has 3 nitrogen and oxygen atoms in total. The summed E-state index contributed by atoms with van der Waals surface area (Å²) in [6.07, 6.45) is 4.01. The third-order valence-electron chi connectivity index (χ3n) is 2.68. The molecule has 1 atom stereocenters. The predicted molar refractivity (Wildman–Crippen MR) is 67.8 cm³/mol. The zero-order chi connectivity index (χ0) is 11.5. The summed E-state index contributed by atoms with van der Waals surface area (Å²) in [6.45, 7) is 5.25. The molecule has 2 aromatic heterocycles. The Bertz CT molecular complexity index is 458. The summed E-state index contributed by atoms with van der Waals surface area (Å²) in [5.41, 5.74) is 2.59. The molecule has 1 unspecified atom stereocenters. The Morgan fingerprint density at radius 3 is 2.88 bits per heavy atom. The van der Waals surface area contributed by atoms with Crippen LogP contribution in [0.4, 0.5) is 0 Å². The standard InChI is InChI=1S/C12H17N3S/c1-4-13-12(10-7-14-15(3)8-10)11-5-6-16-9(11)2/h5-8,12-13H,4H2,1-3H3. The Kier molecular flexibility index (Phi) is 3.41. The zero-order valence-corrected chi connectivity index (χ0v) is 10.7. The molecule has 4 heteroatoms. The Balaban J connectivity index is 2.34. The molecule has 0 aliphatic carbocycles. The average molecular weight is 235 g/mol. The van der Waals surface area contributed by atoms with Crippen molar-refractivity contribution in [1.82, 2.24) is 15.1 Å². The smallest absolute Gasteiger partial charge is 0.0618 e. The normalized spacial score (nSPS) is 12.9. The van der Waals surface area contributed by atoms with Gasteiger partial charge in [0.05, 0.1) is 12.2 Å². The van der Waals surface area contributed by atoms with E-state index in [-0.39, 0.29) is 6.04 Å². The second-order valence-electron chi connectivity index (χ2n) is 3.87. The summed E-state index contributed by atoms with van der Waals surface area (Å²) in [5, 5.41) is 9.89. The molecular formula is C12H17N3S. The molecule has 86 valence electrons. The zero-order valence-electron chi connectivity index (χ0n) is 9.90. The summed E-state index contributed by atoms with van der Waals surface area (Å²) in [4.78, 5) is 1.37. The van der Waals surface area contributed by atoms with Crippen LogP contribution in [0.5, 0.6) is 0 Å². The second kappa shape index (κ2) is 4.80. The van der Waals surface area contributed by atoms with Gasteiger partial charge >= 0.3 is 0 Å². The molecular weight excluding hydrogens is 218 g/mol. The van der Waals surface area contributed by atoms with Crippen molar-refractivity contribution >= 4 is 11.3 Å². The van der Waals surface area contributed by atoms with Crippen LogP contribution < -0.4 is 5.32 Å². The molecule has 0 saturated carbocycles. The molecule has 0 radical (unpaired) electrons. The van der Waals surface area contributed by atoms with Crippen LogP contribution in [0.3, 0.4) is 0 Å². The topological polar surface area (TPSA) is 29.9 Å². The SMILES string of the molecule is CCNC(c1cnn(C)c1)c1ccsc1C. The van der Waals surface area contributed by atoms with Gasteiger partial charge in [-0.2, -0.15) is 5.10 Å². The van der Waals surface area contributed by atoms with Crippen LogP contribution >= 0.6 is 11.3 Å². The number of rotatable bonds is 4. The van der Waals surface area contributed by atoms with Crippen LogP contribution in [0.2, 0.25) is 0 Å². The highest BCUT2D eigenvalue weighted by Crippen LogP contribution is 2.27. The van der Waals surface area contributed by atoms with Crippen molar-refractivity contribution in [1.29, 1.82) is 0 Å². The Morgan fingerprint density at radius 1 is 1.56 bits per heavy atom. The minimum atomic E-state index is 0.268. The molecule has 0 fully saturated rings. The predicted octanol–water partition coefficient (Wildman–Crippen LogP) is 2.49. The maximum Gasteiger partial charge on any atom is 0.0618 e. The Hall–Kier alpha value is -1.13. The summed E-state index contributed by atoms with van der Waals surface area (Å²) in [7, 11) is 1.95. The van der Waals surface area contributed by atoms with Gasteiger partial charge in [-0.05, 0) is 30.5 Å². The van der Waals surface area contributed by atoms with Crippen molar-refractivity contribution < 1.29 is 0 Å². The summed E-state index contributed by atoms with van der Waals surface area (Å²) in [5.74, 6) is 0. The van der Waals surface area contributed by atoms with E-state index >= 15 is 0 Å². The maximum absolute atomic E-state index is 4.24. The van der Waals surface area contributed by atoms with Gasteiger partial charge in [-0.15, -0.1) is 11.3 Å². The molecule has 2 aromatic rings. The lowest BCUT2D eigenvalue weighted by Crippen LogP contribution is -2.21. The van der Waals surface area contributed by atoms with E-state index in [0.717, 1.165) is 6.54 Å². The van der Waals surface area contributed by atoms with Crippen molar-refractivity contribution in [3.05, 3.63) is 39.8 Å². The molecule has 2 rings (SSSR count). The van der Waals surface area contributed by atoms with Crippen molar-refractivity contribution in [3.8, 4) is 0 Å². The first-order valence-electron chi connectivity index (χ1n) is 5.48. The largest absolute Gasteiger partial charge is 0.306 e. The van der Waals surface area contributed by atoms with Crippen molar-refractivity contribution in [2.24, 2.45) is 7.05 Å². The number of nitrogens with one attached hydrogen (secondary N) is 1. The lowest BCUT2D eigenvalue weighted by atomic mass is 10.0. The molecule has 0 aliphatic heterocycles. The van der Waals surface area contributed by atoms with Crippen LogP contribution in [0, 0.1) is 6.92 Å². The van der Waals surface area contributed by atoms with Gasteiger partial charge < -0.3 is 5.32 Å². The monoisotopic (exact) mass is 235 g/mol. The van der Waals surface area contributed by atoms with Crippen LogP contribution in [0.1, 0.15) is 29.0 Å². The fourth-order valence-corrected chi connectivity index (χ4v) is 2.64. The highest BCUT2D eigenvalue weighted by molar-refractivity contribution is 7.10. The van der Waals surface area contributed by atoms with Crippen LogP contribution in [-0.4, -0.2) is 16.3 Å². The van der Waals surface area contributed by atoms with Gasteiger partial charge in [0.1, 0.15) is 0 Å². The number of thiophene rings is 1. The molecule has 0 bridgehead atoms. The number of nitrogens with zero attached hydrogens (tertiary/aromatic N) is 2. The quantitative estimate of drug-likeness (QED) is 0.882. The molecule has 0 saturated heterocycles. The number of aromatic nitrogens is 2. The van der Waals surface area contributed by atoms with Gasteiger partial charge in [-0.3, -0.25) is 4.68 Å². The summed E-state index contributed by atoms with van der Waals surface area (Å²) >= 11 is 1.79. The molecule has 0 amide bonds. The third kappa shape index (κ3) is 2.18. The summed E-state index contributed by atoms with van der Waals surface area (Å²) in [6, 6.07) is 2.46. The van der Waals surface area contributed by atoms with Crippen molar-refractivity contribution in [3.63, 3.8) is 0 Å². The van der Waals surface area contributed by atoms with E-state index in [0.29, 0.717) is 0 Å². The van der Waals surface area contributed by atoms with Gasteiger partial charge in [-0.25, -0.2) is 0 Å². The fraction of sp³-hybridized carbons (Fsp3) is 0.417. The highest BCUT2D eigenvalue weighted by Gasteiger charge is 2.17.